The molecule has 12 heteroatoms. The van der Waals surface area contributed by atoms with Gasteiger partial charge >= 0.3 is 5.97 Å². The summed E-state index contributed by atoms with van der Waals surface area (Å²) in [6, 6.07) is 12.3. The highest BCUT2D eigenvalue weighted by atomic mass is 35.5. The van der Waals surface area contributed by atoms with Gasteiger partial charge in [0, 0.05) is 29.3 Å². The molecule has 10 nitrogen and oxygen atoms in total. The van der Waals surface area contributed by atoms with Crippen LogP contribution >= 0.6 is 23.4 Å². The van der Waals surface area contributed by atoms with Crippen LogP contribution in [0.2, 0.25) is 5.02 Å². The monoisotopic (exact) mass is 512 g/mol. The molecule has 1 saturated heterocycles. The summed E-state index contributed by atoms with van der Waals surface area (Å²) in [7, 11) is 0. The zero-order valence-electron chi connectivity index (χ0n) is 17.5. The molecule has 0 saturated carbocycles. The van der Waals surface area contributed by atoms with Crippen LogP contribution in [-0.2, 0) is 4.79 Å². The van der Waals surface area contributed by atoms with Crippen LogP contribution in [0, 0.1) is 10.1 Å². The van der Waals surface area contributed by atoms with Crippen LogP contribution in [0.3, 0.4) is 0 Å². The minimum absolute atomic E-state index is 0.0368. The van der Waals surface area contributed by atoms with E-state index in [-0.39, 0.29) is 32.5 Å². The fourth-order valence-corrected chi connectivity index (χ4v) is 4.21. The van der Waals surface area contributed by atoms with Gasteiger partial charge in [0.15, 0.2) is 5.78 Å². The Morgan fingerprint density at radius 2 is 1.83 bits per heavy atom. The van der Waals surface area contributed by atoms with Crippen molar-refractivity contribution >= 4 is 58.0 Å². The molecule has 35 heavy (non-hydrogen) atoms. The van der Waals surface area contributed by atoms with Gasteiger partial charge in [-0.2, -0.15) is 0 Å². The predicted molar refractivity (Wildman–Crippen MR) is 126 cm³/mol. The van der Waals surface area contributed by atoms with Gasteiger partial charge in [-0.05, 0) is 54.2 Å². The molecule has 1 aliphatic rings. The van der Waals surface area contributed by atoms with E-state index in [1.807, 2.05) is 0 Å². The Balaban J connectivity index is 1.50. The molecule has 0 atom stereocenters. The van der Waals surface area contributed by atoms with Crippen molar-refractivity contribution in [2.24, 2.45) is 0 Å². The van der Waals surface area contributed by atoms with Crippen molar-refractivity contribution in [2.45, 2.75) is 0 Å². The number of Topliss-reactive ketones (excluding diaryl/α,β-unsaturated/α-hetero) is 1. The van der Waals surface area contributed by atoms with Gasteiger partial charge in [-0.25, -0.2) is 4.79 Å². The molecule has 1 aliphatic heterocycles. The fraction of sp³-hybridized carbons (Fsp3) is 0.0435. The van der Waals surface area contributed by atoms with Crippen LogP contribution in [0.5, 0.6) is 0 Å². The molecule has 2 heterocycles. The third-order valence-corrected chi connectivity index (χ3v) is 6.19. The second-order valence-electron chi connectivity index (χ2n) is 7.20. The number of aromatic carboxylic acids is 1. The van der Waals surface area contributed by atoms with E-state index in [1.54, 1.807) is 18.2 Å². The molecule has 1 aromatic heterocycles. The minimum atomic E-state index is -1.19. The van der Waals surface area contributed by atoms with Gasteiger partial charge in [-0.1, -0.05) is 11.6 Å². The van der Waals surface area contributed by atoms with E-state index in [0.717, 1.165) is 17.0 Å². The number of nitrogens with zero attached hydrogens (tertiary/aromatic N) is 2. The molecule has 0 radical (unpaired) electrons. The molecule has 4 rings (SSSR count). The maximum Gasteiger partial charge on any atom is 0.337 e. The lowest BCUT2D eigenvalue weighted by Crippen LogP contribution is -2.33. The van der Waals surface area contributed by atoms with Gasteiger partial charge in [0.05, 0.1) is 27.0 Å². The molecule has 1 fully saturated rings. The molecule has 2 amide bonds. The predicted octanol–water partition coefficient (Wildman–Crippen LogP) is 5.13. The number of nitro groups is 1. The third kappa shape index (κ3) is 5.00. The van der Waals surface area contributed by atoms with Crippen molar-refractivity contribution in [3.8, 4) is 11.3 Å². The first-order valence-electron chi connectivity index (χ1n) is 9.80. The Labute approximate surface area is 205 Å². The first-order chi connectivity index (χ1) is 16.6. The van der Waals surface area contributed by atoms with E-state index >= 15 is 0 Å². The number of rotatable bonds is 7. The van der Waals surface area contributed by atoms with Gasteiger partial charge in [0.2, 0.25) is 0 Å². The second kappa shape index (κ2) is 9.57. The lowest BCUT2D eigenvalue weighted by molar-refractivity contribution is -0.384. The largest absolute Gasteiger partial charge is 0.478 e. The summed E-state index contributed by atoms with van der Waals surface area (Å²) in [5.41, 5.74) is 0.290. The van der Waals surface area contributed by atoms with Gasteiger partial charge < -0.3 is 9.52 Å². The Hall–Kier alpha value is -4.22. The summed E-state index contributed by atoms with van der Waals surface area (Å²) < 4.78 is 5.68. The van der Waals surface area contributed by atoms with Crippen LogP contribution in [0.25, 0.3) is 17.4 Å². The van der Waals surface area contributed by atoms with Gasteiger partial charge in [-0.15, -0.1) is 0 Å². The fourth-order valence-electron chi connectivity index (χ4n) is 3.20. The third-order valence-electron chi connectivity index (χ3n) is 4.96. The number of furan rings is 1. The number of halogens is 1. The molecule has 2 aromatic carbocycles. The van der Waals surface area contributed by atoms with E-state index in [0.29, 0.717) is 23.1 Å². The van der Waals surface area contributed by atoms with Crippen molar-refractivity contribution in [1.29, 1.82) is 0 Å². The van der Waals surface area contributed by atoms with E-state index in [2.05, 4.69) is 0 Å². The molecule has 3 aromatic rings. The van der Waals surface area contributed by atoms with Crippen LogP contribution in [0.15, 0.2) is 63.9 Å². The summed E-state index contributed by atoms with van der Waals surface area (Å²) in [4.78, 5) is 59.8. The molecule has 0 bridgehead atoms. The number of carbonyl (C=O) groups is 4. The number of carboxylic acids is 1. The van der Waals surface area contributed by atoms with E-state index < -0.39 is 34.4 Å². The van der Waals surface area contributed by atoms with Crippen molar-refractivity contribution in [2.75, 3.05) is 6.54 Å². The van der Waals surface area contributed by atoms with Crippen molar-refractivity contribution < 1.29 is 33.6 Å². The highest BCUT2D eigenvalue weighted by Gasteiger charge is 2.36. The van der Waals surface area contributed by atoms with E-state index in [4.69, 9.17) is 16.0 Å². The zero-order valence-corrected chi connectivity index (χ0v) is 19.0. The molecule has 0 aliphatic carbocycles. The van der Waals surface area contributed by atoms with Crippen LogP contribution in [0.4, 0.5) is 10.5 Å². The quantitative estimate of drug-likeness (QED) is 0.197. The van der Waals surface area contributed by atoms with Gasteiger partial charge in [0.25, 0.3) is 16.8 Å². The molecular weight excluding hydrogens is 500 g/mol. The number of carbonyl (C=O) groups excluding carboxylic acids is 3. The van der Waals surface area contributed by atoms with Crippen molar-refractivity contribution in [3.05, 3.63) is 91.5 Å². The lowest BCUT2D eigenvalue weighted by atomic mass is 10.1. The molecular formula is C23H13ClN2O8S. The highest BCUT2D eigenvalue weighted by Crippen LogP contribution is 2.34. The molecule has 0 unspecified atom stereocenters. The van der Waals surface area contributed by atoms with Crippen molar-refractivity contribution in [1.82, 2.24) is 4.90 Å². The average Bonchev–Trinajstić information content (AvgIpc) is 3.39. The Kier molecular flexibility index (Phi) is 6.54. The highest BCUT2D eigenvalue weighted by molar-refractivity contribution is 8.18. The average molecular weight is 513 g/mol. The second-order valence-corrected chi connectivity index (χ2v) is 8.60. The Morgan fingerprint density at radius 3 is 2.49 bits per heavy atom. The molecule has 176 valence electrons. The Bertz CT molecular complexity index is 1430. The van der Waals surface area contributed by atoms with Crippen molar-refractivity contribution in [3.63, 3.8) is 0 Å². The number of amides is 2. The van der Waals surface area contributed by atoms with E-state index in [9.17, 15) is 34.4 Å². The van der Waals surface area contributed by atoms with Crippen LogP contribution in [0.1, 0.15) is 26.5 Å². The molecule has 0 spiro atoms. The summed E-state index contributed by atoms with van der Waals surface area (Å²) >= 11 is 6.52. The normalized spacial score (nSPS) is 14.5. The maximum absolute atomic E-state index is 12.7. The zero-order chi connectivity index (χ0) is 25.3. The number of thioether (sulfide) groups is 1. The first kappa shape index (κ1) is 23.9. The van der Waals surface area contributed by atoms with Crippen LogP contribution < -0.4 is 0 Å². The summed E-state index contributed by atoms with van der Waals surface area (Å²) in [6.07, 6.45) is 1.35. The maximum atomic E-state index is 12.7. The summed E-state index contributed by atoms with van der Waals surface area (Å²) in [6.45, 7) is -0.522. The smallest absolute Gasteiger partial charge is 0.337 e. The number of benzene rings is 2. The topological polar surface area (TPSA) is 148 Å². The standard InChI is InChI=1S/C23H13ClN2O8S/c24-17-7-3-13(9-16(17)22(29)30)19-8-6-15(34-19)10-20-21(28)25(23(31)35-20)11-18(27)12-1-4-14(5-2-12)26(32)33/h1-10H,11H2,(H,29,30)/b20-10-. The lowest BCUT2D eigenvalue weighted by Gasteiger charge is -2.11. The number of ketones is 1. The SMILES string of the molecule is O=C(CN1C(=O)S/C(=C\c2ccc(-c3ccc(Cl)c(C(=O)O)c3)o2)C1=O)c1ccc([N+](=O)[O-])cc1. The first-order valence-corrected chi connectivity index (χ1v) is 11.0. The number of non-ortho nitro benzene ring substituents is 1. The number of hydrogen-bond donors (Lipinski definition) is 1. The molecule has 1 N–H and O–H groups in total. The number of hydrogen-bond acceptors (Lipinski definition) is 8. The minimum Gasteiger partial charge on any atom is -0.478 e. The number of imide groups is 1. The van der Waals surface area contributed by atoms with Crippen LogP contribution in [-0.4, -0.2) is 44.4 Å². The van der Waals surface area contributed by atoms with Gasteiger partial charge in [0.1, 0.15) is 11.5 Å². The summed E-state index contributed by atoms with van der Waals surface area (Å²) in [5, 5.41) is 19.4. The summed E-state index contributed by atoms with van der Waals surface area (Å²) in [5.74, 6) is -1.88. The number of nitro benzene ring substituents is 1. The Morgan fingerprint density at radius 1 is 1.11 bits per heavy atom. The number of carboxylic acid groups (broad SMARTS) is 1. The van der Waals surface area contributed by atoms with Gasteiger partial charge in [-0.3, -0.25) is 29.4 Å². The van der Waals surface area contributed by atoms with E-state index in [1.165, 1.54) is 30.3 Å².